The summed E-state index contributed by atoms with van der Waals surface area (Å²) in [4.78, 5) is 11.8. The van der Waals surface area contributed by atoms with Crippen LogP contribution in [0.3, 0.4) is 0 Å². The van der Waals surface area contributed by atoms with E-state index in [1.54, 1.807) is 24.3 Å². The van der Waals surface area contributed by atoms with Gasteiger partial charge in [0.2, 0.25) is 5.31 Å². The van der Waals surface area contributed by atoms with Crippen molar-refractivity contribution in [3.05, 3.63) is 82.3 Å². The summed E-state index contributed by atoms with van der Waals surface area (Å²) in [7, 11) is -1.68. The minimum Gasteiger partial charge on any atom is -0.477 e. The Morgan fingerprint density at radius 1 is 1.24 bits per heavy atom. The Hall–Kier alpha value is -2.40. The standard InChI is InChI=1S/C11H7FO2S.C11H16O2P/c12-8-3-1-7(2-4-8)9-5-6-10(15-9)11(13)14;1-5-13-14(12)11-7-6-8(2)9(3)10(11)4/h1-6H,(H,13,14);6-7,10H,3,5H2,1-2,4H3/q;+1. The van der Waals surface area contributed by atoms with Crippen LogP contribution in [0, 0.1) is 11.7 Å². The van der Waals surface area contributed by atoms with Crippen LogP contribution in [-0.4, -0.2) is 17.7 Å². The van der Waals surface area contributed by atoms with Crippen LogP contribution in [-0.2, 0) is 9.09 Å². The van der Waals surface area contributed by atoms with E-state index in [4.69, 9.17) is 9.63 Å². The van der Waals surface area contributed by atoms with Crippen LogP contribution in [0.5, 0.6) is 0 Å². The summed E-state index contributed by atoms with van der Waals surface area (Å²) in [5.41, 5.74) is 3.01. The molecule has 7 heteroatoms. The summed E-state index contributed by atoms with van der Waals surface area (Å²) < 4.78 is 29.4. The first-order chi connectivity index (χ1) is 13.7. The second kappa shape index (κ2) is 10.4. The molecule has 0 fully saturated rings. The van der Waals surface area contributed by atoms with Crippen molar-refractivity contribution in [3.63, 3.8) is 0 Å². The van der Waals surface area contributed by atoms with Gasteiger partial charge in [-0.1, -0.05) is 31.7 Å². The number of thiophene rings is 1. The normalized spacial score (nSPS) is 16.3. The molecule has 0 saturated heterocycles. The lowest BCUT2D eigenvalue weighted by molar-refractivity contribution is 0.0702. The van der Waals surface area contributed by atoms with E-state index in [-0.39, 0.29) is 16.6 Å². The first kappa shape index (κ1) is 22.9. The number of hydrogen-bond donors (Lipinski definition) is 1. The zero-order valence-corrected chi connectivity index (χ0v) is 18.2. The van der Waals surface area contributed by atoms with Crippen molar-refractivity contribution >= 4 is 25.3 Å². The van der Waals surface area contributed by atoms with Gasteiger partial charge in [-0.15, -0.1) is 15.9 Å². The summed E-state index contributed by atoms with van der Waals surface area (Å²) in [6.45, 7) is 10.3. The smallest absolute Gasteiger partial charge is 0.477 e. The summed E-state index contributed by atoms with van der Waals surface area (Å²) in [6, 6.07) is 9.25. The molecule has 2 atom stereocenters. The minimum absolute atomic E-state index is 0.134. The largest absolute Gasteiger partial charge is 0.544 e. The minimum atomic E-state index is -1.68. The van der Waals surface area contributed by atoms with E-state index in [9.17, 15) is 13.8 Å². The molecule has 0 radical (unpaired) electrons. The number of hydrogen-bond acceptors (Lipinski definition) is 4. The summed E-state index contributed by atoms with van der Waals surface area (Å²) in [5, 5.41) is 9.58. The van der Waals surface area contributed by atoms with Gasteiger partial charge in [0.1, 0.15) is 17.3 Å². The van der Waals surface area contributed by atoms with E-state index >= 15 is 0 Å². The molecule has 4 nitrogen and oxygen atoms in total. The molecular formula is C22H23FO4PS+. The number of carbonyl (C=O) groups is 1. The molecule has 29 heavy (non-hydrogen) atoms. The van der Waals surface area contributed by atoms with E-state index in [0.29, 0.717) is 6.61 Å². The molecule has 1 heterocycles. The van der Waals surface area contributed by atoms with Crippen molar-refractivity contribution in [2.24, 2.45) is 5.92 Å². The zero-order chi connectivity index (χ0) is 21.6. The van der Waals surface area contributed by atoms with Gasteiger partial charge in [0, 0.05) is 4.88 Å². The Balaban J connectivity index is 0.000000208. The molecule has 0 aliphatic heterocycles. The molecule has 1 aromatic carbocycles. The Morgan fingerprint density at radius 3 is 2.45 bits per heavy atom. The van der Waals surface area contributed by atoms with Crippen LogP contribution >= 0.6 is 19.4 Å². The fourth-order valence-corrected chi connectivity index (χ4v) is 4.52. The predicted octanol–water partition coefficient (Wildman–Crippen LogP) is 7.05. The molecule has 0 spiro atoms. The highest BCUT2D eigenvalue weighted by molar-refractivity contribution is 7.44. The van der Waals surface area contributed by atoms with Crippen LogP contribution in [0.15, 0.2) is 71.6 Å². The molecular weight excluding hydrogens is 410 g/mol. The van der Waals surface area contributed by atoms with Crippen LogP contribution in [0.1, 0.15) is 30.4 Å². The highest BCUT2D eigenvalue weighted by Crippen LogP contribution is 2.44. The molecule has 1 aliphatic rings. The van der Waals surface area contributed by atoms with Gasteiger partial charge in [-0.05, 0) is 65.5 Å². The highest BCUT2D eigenvalue weighted by Gasteiger charge is 2.33. The third-order valence-corrected chi connectivity index (χ3v) is 6.95. The number of carboxylic acids is 1. The van der Waals surface area contributed by atoms with Crippen molar-refractivity contribution in [3.8, 4) is 10.4 Å². The summed E-state index contributed by atoms with van der Waals surface area (Å²) >= 11 is 1.18. The molecule has 2 unspecified atom stereocenters. The van der Waals surface area contributed by atoms with Crippen molar-refractivity contribution in [2.75, 3.05) is 6.61 Å². The van der Waals surface area contributed by atoms with E-state index in [1.807, 2.05) is 32.9 Å². The molecule has 1 N–H and O–H groups in total. The topological polar surface area (TPSA) is 63.6 Å². The van der Waals surface area contributed by atoms with E-state index in [1.165, 1.54) is 23.5 Å². The lowest BCUT2D eigenvalue weighted by Gasteiger charge is -2.15. The maximum absolute atomic E-state index is 12.6. The Labute approximate surface area is 174 Å². The Bertz CT molecular complexity index is 973. The van der Waals surface area contributed by atoms with Crippen LogP contribution in [0.2, 0.25) is 0 Å². The van der Waals surface area contributed by atoms with Gasteiger partial charge < -0.3 is 5.11 Å². The molecule has 1 aliphatic carbocycles. The van der Waals surface area contributed by atoms with Gasteiger partial charge >= 0.3 is 14.0 Å². The quantitative estimate of drug-likeness (QED) is 0.513. The van der Waals surface area contributed by atoms with Crippen LogP contribution in [0.25, 0.3) is 10.4 Å². The number of carboxylic acid groups (broad SMARTS) is 1. The van der Waals surface area contributed by atoms with Crippen LogP contribution in [0.4, 0.5) is 4.39 Å². The SMILES string of the molecule is C=C1C(C)=CC=C([P+](=O)OCC)C1C.O=C(O)c1ccc(-c2ccc(F)cc2)s1. The fourth-order valence-electron chi connectivity index (χ4n) is 2.61. The first-order valence-corrected chi connectivity index (χ1v) is 11.0. The fraction of sp³-hybridized carbons (Fsp3) is 0.227. The molecule has 0 amide bonds. The number of aromatic carboxylic acids is 1. The molecule has 2 aromatic rings. The Kier molecular flexibility index (Phi) is 8.21. The van der Waals surface area contributed by atoms with Crippen molar-refractivity contribution in [1.82, 2.24) is 0 Å². The van der Waals surface area contributed by atoms with E-state index in [0.717, 1.165) is 26.9 Å². The van der Waals surface area contributed by atoms with Crippen LogP contribution < -0.4 is 0 Å². The first-order valence-electron chi connectivity index (χ1n) is 9.01. The average Bonchev–Trinajstić information content (AvgIpc) is 3.18. The average molecular weight is 433 g/mol. The lowest BCUT2D eigenvalue weighted by Crippen LogP contribution is -2.05. The third kappa shape index (κ3) is 6.04. The summed E-state index contributed by atoms with van der Waals surface area (Å²) in [5.74, 6) is -1.10. The maximum Gasteiger partial charge on any atom is 0.544 e. The second-order valence-electron chi connectivity index (χ2n) is 6.34. The maximum atomic E-state index is 12.6. The monoisotopic (exact) mass is 433 g/mol. The van der Waals surface area contributed by atoms with Gasteiger partial charge in [-0.3, -0.25) is 0 Å². The van der Waals surface area contributed by atoms with E-state index in [2.05, 4.69) is 6.58 Å². The number of allylic oxidation sites excluding steroid dienone is 5. The van der Waals surface area contributed by atoms with Crippen molar-refractivity contribution in [1.29, 1.82) is 0 Å². The predicted molar refractivity (Wildman–Crippen MR) is 116 cm³/mol. The van der Waals surface area contributed by atoms with Gasteiger partial charge in [0.25, 0.3) is 0 Å². The number of halogens is 1. The molecule has 152 valence electrons. The van der Waals surface area contributed by atoms with E-state index < -0.39 is 14.0 Å². The third-order valence-electron chi connectivity index (χ3n) is 4.38. The number of benzene rings is 1. The highest BCUT2D eigenvalue weighted by atomic mass is 32.1. The van der Waals surface area contributed by atoms with Gasteiger partial charge in [0.05, 0.1) is 5.92 Å². The molecule has 0 bridgehead atoms. The second-order valence-corrected chi connectivity index (χ2v) is 8.71. The van der Waals surface area contributed by atoms with Crippen molar-refractivity contribution < 1.29 is 23.4 Å². The molecule has 3 rings (SSSR count). The summed E-state index contributed by atoms with van der Waals surface area (Å²) in [6.07, 6.45) is 3.84. The van der Waals surface area contributed by atoms with Crippen molar-refractivity contribution in [2.45, 2.75) is 20.8 Å². The number of rotatable bonds is 5. The zero-order valence-electron chi connectivity index (χ0n) is 16.5. The van der Waals surface area contributed by atoms with Gasteiger partial charge in [-0.25, -0.2) is 9.18 Å². The van der Waals surface area contributed by atoms with Gasteiger partial charge in [0.15, 0.2) is 0 Å². The Morgan fingerprint density at radius 2 is 1.90 bits per heavy atom. The molecule has 1 aromatic heterocycles. The lowest BCUT2D eigenvalue weighted by atomic mass is 9.91. The van der Waals surface area contributed by atoms with Gasteiger partial charge in [-0.2, -0.15) is 0 Å². The molecule has 0 saturated carbocycles.